The van der Waals surface area contributed by atoms with Gasteiger partial charge >= 0.3 is 0 Å². The minimum atomic E-state index is -0.215. The molecular weight excluding hydrogens is 446 g/mol. The average molecular weight is 474 g/mol. The number of hydrogen-bond donors (Lipinski definition) is 1. The van der Waals surface area contributed by atoms with E-state index in [2.05, 4.69) is 22.5 Å². The minimum absolute atomic E-state index is 0.0402. The number of benzene rings is 2. The van der Waals surface area contributed by atoms with Gasteiger partial charge in [-0.1, -0.05) is 60.3 Å². The van der Waals surface area contributed by atoms with Crippen molar-refractivity contribution in [2.75, 3.05) is 5.75 Å². The van der Waals surface area contributed by atoms with E-state index in [4.69, 9.17) is 4.98 Å². The molecule has 2 unspecified atom stereocenters. The maximum atomic E-state index is 13.3. The number of rotatable bonds is 7. The van der Waals surface area contributed by atoms with Crippen molar-refractivity contribution in [3.8, 4) is 5.69 Å². The zero-order valence-electron chi connectivity index (χ0n) is 19.3. The lowest BCUT2D eigenvalue weighted by Crippen LogP contribution is -2.35. The third-order valence-electron chi connectivity index (χ3n) is 6.25. The molecule has 4 aromatic rings. The molecule has 2 aromatic carbocycles. The van der Waals surface area contributed by atoms with E-state index >= 15 is 0 Å². The zero-order chi connectivity index (χ0) is 23.7. The number of aryl methyl sites for hydroxylation is 2. The molecule has 174 valence electrons. The lowest BCUT2D eigenvalue weighted by Gasteiger charge is -2.17. The minimum Gasteiger partial charge on any atom is -0.354 e. The van der Waals surface area contributed by atoms with Crippen LogP contribution in [0.25, 0.3) is 16.7 Å². The van der Waals surface area contributed by atoms with Crippen LogP contribution in [0.4, 0.5) is 0 Å². The van der Waals surface area contributed by atoms with Crippen molar-refractivity contribution in [2.24, 2.45) is 0 Å². The van der Waals surface area contributed by atoms with Gasteiger partial charge in [0.25, 0.3) is 5.56 Å². The fourth-order valence-corrected chi connectivity index (χ4v) is 5.54. The first-order valence-corrected chi connectivity index (χ1v) is 12.5. The van der Waals surface area contributed by atoms with Crippen molar-refractivity contribution in [2.45, 2.75) is 50.4 Å². The van der Waals surface area contributed by atoms with E-state index in [-0.39, 0.29) is 30.0 Å². The monoisotopic (exact) mass is 473 g/mol. The highest BCUT2D eigenvalue weighted by atomic mass is 32.2. The first kappa shape index (κ1) is 22.4. The second-order valence-electron chi connectivity index (χ2n) is 8.81. The Hall–Kier alpha value is -3.39. The Morgan fingerprint density at radius 2 is 1.94 bits per heavy atom. The molecular formula is C26H27N5O2S. The van der Waals surface area contributed by atoms with Crippen LogP contribution < -0.4 is 10.9 Å². The molecule has 0 radical (unpaired) electrons. The molecule has 0 bridgehead atoms. The summed E-state index contributed by atoms with van der Waals surface area (Å²) in [7, 11) is 0. The quantitative estimate of drug-likeness (QED) is 0.409. The lowest BCUT2D eigenvalue weighted by atomic mass is 10.1. The van der Waals surface area contributed by atoms with E-state index in [1.54, 1.807) is 15.4 Å². The number of carbonyl (C=O) groups is 1. The van der Waals surface area contributed by atoms with Gasteiger partial charge in [0.05, 0.1) is 17.9 Å². The molecule has 0 saturated carbocycles. The van der Waals surface area contributed by atoms with E-state index in [0.29, 0.717) is 21.9 Å². The number of aromatic nitrogens is 4. The van der Waals surface area contributed by atoms with Crippen LogP contribution in [0.3, 0.4) is 0 Å². The molecule has 3 heterocycles. The molecule has 0 spiro atoms. The molecule has 8 heteroatoms. The summed E-state index contributed by atoms with van der Waals surface area (Å²) in [6.07, 6.45) is 3.62. The van der Waals surface area contributed by atoms with Gasteiger partial charge < -0.3 is 5.32 Å². The number of amides is 1. The Kier molecular flexibility index (Phi) is 6.24. The molecule has 5 rings (SSSR count). The third kappa shape index (κ3) is 4.37. The number of fused-ring (bicyclic) bond motifs is 2. The average Bonchev–Trinajstić information content (AvgIpc) is 3.44. The number of carbonyl (C=O) groups excluding carboxylic acids is 1. The van der Waals surface area contributed by atoms with Gasteiger partial charge in [-0.2, -0.15) is 5.10 Å². The Balaban J connectivity index is 1.31. The predicted molar refractivity (Wildman–Crippen MR) is 135 cm³/mol. The van der Waals surface area contributed by atoms with E-state index < -0.39 is 0 Å². The van der Waals surface area contributed by atoms with Gasteiger partial charge in [-0.3, -0.25) is 14.2 Å². The van der Waals surface area contributed by atoms with Crippen LogP contribution in [0, 0.1) is 6.92 Å². The topological polar surface area (TPSA) is 81.8 Å². The molecule has 2 atom stereocenters. The largest absolute Gasteiger partial charge is 0.354 e. The van der Waals surface area contributed by atoms with Crippen LogP contribution in [0.15, 0.2) is 70.7 Å². The van der Waals surface area contributed by atoms with Crippen molar-refractivity contribution >= 4 is 28.7 Å². The lowest BCUT2D eigenvalue weighted by molar-refractivity contribution is -0.122. The Bertz CT molecular complexity index is 1400. The maximum absolute atomic E-state index is 13.3. The van der Waals surface area contributed by atoms with Gasteiger partial charge in [0.1, 0.15) is 5.39 Å². The Morgan fingerprint density at radius 3 is 2.74 bits per heavy atom. The highest BCUT2D eigenvalue weighted by Gasteiger charge is 2.30. The summed E-state index contributed by atoms with van der Waals surface area (Å²) in [6, 6.07) is 18.0. The zero-order valence-corrected chi connectivity index (χ0v) is 20.1. The maximum Gasteiger partial charge on any atom is 0.265 e. The summed E-state index contributed by atoms with van der Waals surface area (Å²) < 4.78 is 3.40. The molecule has 2 aromatic heterocycles. The van der Waals surface area contributed by atoms with E-state index in [1.807, 2.05) is 56.3 Å². The molecule has 1 amide bonds. The second kappa shape index (κ2) is 9.46. The number of thioether (sulfide) groups is 1. The van der Waals surface area contributed by atoms with Crippen LogP contribution >= 0.6 is 11.8 Å². The SMILES string of the molecule is Cc1ccccc1-n1ncc2c(=O)n3c(nc21)SCC3CC(=O)NC(C)CCc1ccccc1. The fourth-order valence-electron chi connectivity index (χ4n) is 4.41. The van der Waals surface area contributed by atoms with Gasteiger partial charge in [0.2, 0.25) is 5.91 Å². The highest BCUT2D eigenvalue weighted by Crippen LogP contribution is 2.33. The Labute approximate surface area is 202 Å². The standard InChI is InChI=1S/C26H27N5O2S/c1-17-8-6-7-11-22(17)31-24-21(15-27-31)25(33)30-20(16-34-26(30)29-24)14-23(32)28-18(2)12-13-19-9-4-3-5-10-19/h3-11,15,18,20H,12-14,16H2,1-2H3,(H,28,32). The summed E-state index contributed by atoms with van der Waals surface area (Å²) in [4.78, 5) is 30.9. The van der Waals surface area contributed by atoms with Crippen LogP contribution in [-0.4, -0.2) is 37.0 Å². The molecule has 0 fully saturated rings. The van der Waals surface area contributed by atoms with Gasteiger partial charge in [0.15, 0.2) is 10.8 Å². The van der Waals surface area contributed by atoms with Gasteiger partial charge in [-0.15, -0.1) is 0 Å². The van der Waals surface area contributed by atoms with Gasteiger partial charge in [-0.05, 0) is 43.9 Å². The molecule has 34 heavy (non-hydrogen) atoms. The van der Waals surface area contributed by atoms with Crippen molar-refractivity contribution in [1.29, 1.82) is 0 Å². The van der Waals surface area contributed by atoms with Gasteiger partial charge in [0, 0.05) is 18.2 Å². The van der Waals surface area contributed by atoms with E-state index in [1.165, 1.54) is 17.3 Å². The van der Waals surface area contributed by atoms with Crippen molar-refractivity contribution < 1.29 is 4.79 Å². The summed E-state index contributed by atoms with van der Waals surface area (Å²) in [5.74, 6) is 0.611. The Morgan fingerprint density at radius 1 is 1.18 bits per heavy atom. The summed E-state index contributed by atoms with van der Waals surface area (Å²) >= 11 is 1.52. The molecule has 1 N–H and O–H groups in total. The molecule has 1 aliphatic rings. The van der Waals surface area contributed by atoms with E-state index in [0.717, 1.165) is 24.1 Å². The van der Waals surface area contributed by atoms with Crippen LogP contribution in [0.1, 0.15) is 36.9 Å². The molecule has 0 aliphatic carbocycles. The first-order chi connectivity index (χ1) is 16.5. The number of nitrogens with zero attached hydrogens (tertiary/aromatic N) is 4. The highest BCUT2D eigenvalue weighted by molar-refractivity contribution is 7.99. The van der Waals surface area contributed by atoms with E-state index in [9.17, 15) is 9.59 Å². The normalized spacial score (nSPS) is 15.9. The summed E-state index contributed by atoms with van der Waals surface area (Å²) in [6.45, 7) is 4.03. The summed E-state index contributed by atoms with van der Waals surface area (Å²) in [5.41, 5.74) is 3.63. The van der Waals surface area contributed by atoms with Crippen molar-refractivity contribution in [3.05, 3.63) is 82.3 Å². The predicted octanol–water partition coefficient (Wildman–Crippen LogP) is 4.07. The third-order valence-corrected chi connectivity index (χ3v) is 7.35. The number of hydrogen-bond acceptors (Lipinski definition) is 5. The first-order valence-electron chi connectivity index (χ1n) is 11.5. The van der Waals surface area contributed by atoms with Crippen LogP contribution in [-0.2, 0) is 11.2 Å². The van der Waals surface area contributed by atoms with Crippen molar-refractivity contribution in [1.82, 2.24) is 24.6 Å². The second-order valence-corrected chi connectivity index (χ2v) is 9.80. The smallest absolute Gasteiger partial charge is 0.265 e. The van der Waals surface area contributed by atoms with Crippen molar-refractivity contribution in [3.63, 3.8) is 0 Å². The number of nitrogens with one attached hydrogen (secondary N) is 1. The number of para-hydroxylation sites is 1. The molecule has 1 aliphatic heterocycles. The van der Waals surface area contributed by atoms with Gasteiger partial charge in [-0.25, -0.2) is 9.67 Å². The summed E-state index contributed by atoms with van der Waals surface area (Å²) in [5, 5.41) is 8.66. The van der Waals surface area contributed by atoms with Crippen LogP contribution in [0.5, 0.6) is 0 Å². The fraction of sp³-hybridized carbons (Fsp3) is 0.308. The molecule has 7 nitrogen and oxygen atoms in total. The molecule has 0 saturated heterocycles. The van der Waals surface area contributed by atoms with Crippen LogP contribution in [0.2, 0.25) is 0 Å².